The molecule has 0 radical (unpaired) electrons. The number of halogens is 3. The summed E-state index contributed by atoms with van der Waals surface area (Å²) in [7, 11) is 0. The Bertz CT molecular complexity index is 487. The molecule has 0 spiro atoms. The minimum Gasteiger partial charge on any atom is -0.396 e. The van der Waals surface area contributed by atoms with Gasteiger partial charge >= 0.3 is 6.18 Å². The fourth-order valence-electron chi connectivity index (χ4n) is 1.75. The number of aromatic nitrogens is 1. The van der Waals surface area contributed by atoms with Gasteiger partial charge in [0.25, 0.3) is 5.91 Å². The molecule has 4 nitrogen and oxygen atoms in total. The van der Waals surface area contributed by atoms with Crippen LogP contribution in [0.5, 0.6) is 0 Å². The maximum atomic E-state index is 12.8. The fourth-order valence-corrected chi connectivity index (χ4v) is 1.75. The number of hydrogen-bond donors (Lipinski definition) is 2. The minimum atomic E-state index is -4.61. The van der Waals surface area contributed by atoms with Gasteiger partial charge in [-0.15, -0.1) is 0 Å². The van der Waals surface area contributed by atoms with Crippen LogP contribution < -0.4 is 5.32 Å². The summed E-state index contributed by atoms with van der Waals surface area (Å²) >= 11 is 0. The van der Waals surface area contributed by atoms with Crippen LogP contribution in [0, 0.1) is 5.41 Å². The molecule has 1 amide bonds. The van der Waals surface area contributed by atoms with E-state index in [9.17, 15) is 18.0 Å². The Hall–Kier alpha value is -1.63. The first kappa shape index (κ1) is 17.4. The molecular formula is C14H19F3N2O2. The van der Waals surface area contributed by atoms with Gasteiger partial charge in [-0.3, -0.25) is 9.78 Å². The summed E-state index contributed by atoms with van der Waals surface area (Å²) in [5.41, 5.74) is -1.93. The van der Waals surface area contributed by atoms with E-state index in [0.717, 1.165) is 18.3 Å². The number of nitrogens with one attached hydrogen (secondary N) is 1. The van der Waals surface area contributed by atoms with Crippen molar-refractivity contribution in [3.05, 3.63) is 29.6 Å². The molecule has 2 N–H and O–H groups in total. The van der Waals surface area contributed by atoms with Crippen LogP contribution in [0.25, 0.3) is 0 Å². The number of amides is 1. The van der Waals surface area contributed by atoms with E-state index in [-0.39, 0.29) is 18.6 Å². The fraction of sp³-hybridized carbons (Fsp3) is 0.571. The van der Waals surface area contributed by atoms with Gasteiger partial charge in [0.15, 0.2) is 0 Å². The van der Waals surface area contributed by atoms with E-state index in [2.05, 4.69) is 10.3 Å². The average Bonchev–Trinajstić information content (AvgIpc) is 2.42. The summed E-state index contributed by atoms with van der Waals surface area (Å²) in [6, 6.07) is 1.97. The molecule has 0 unspecified atom stereocenters. The second kappa shape index (κ2) is 6.89. The number of rotatable bonds is 6. The molecule has 0 aliphatic carbocycles. The van der Waals surface area contributed by atoms with E-state index < -0.39 is 23.3 Å². The predicted octanol–water partition coefficient (Wildman–Crippen LogP) is 2.63. The quantitative estimate of drug-likeness (QED) is 0.794. The highest BCUT2D eigenvalue weighted by Crippen LogP contribution is 2.30. The molecule has 1 heterocycles. The van der Waals surface area contributed by atoms with Gasteiger partial charge in [-0.05, 0) is 30.4 Å². The summed E-state index contributed by atoms with van der Waals surface area (Å²) in [5.74, 6) is -0.843. The van der Waals surface area contributed by atoms with Crippen molar-refractivity contribution in [2.45, 2.75) is 32.9 Å². The Labute approximate surface area is 121 Å². The SMILES string of the molecule is CC(C)(CO)CCCNC(=O)c1ncccc1C(F)(F)F. The summed E-state index contributed by atoms with van der Waals surface area (Å²) < 4.78 is 38.3. The normalized spacial score (nSPS) is 12.3. The summed E-state index contributed by atoms with van der Waals surface area (Å²) in [4.78, 5) is 15.3. The number of nitrogens with zero attached hydrogens (tertiary/aromatic N) is 1. The molecule has 7 heteroatoms. The smallest absolute Gasteiger partial charge is 0.396 e. The number of aliphatic hydroxyl groups excluding tert-OH is 1. The molecule has 0 aliphatic heterocycles. The molecule has 1 rings (SSSR count). The first-order chi connectivity index (χ1) is 9.67. The number of pyridine rings is 1. The molecule has 1 aromatic heterocycles. The molecule has 0 fully saturated rings. The predicted molar refractivity (Wildman–Crippen MR) is 71.7 cm³/mol. The van der Waals surface area contributed by atoms with E-state index in [1.54, 1.807) is 0 Å². The van der Waals surface area contributed by atoms with Crippen molar-refractivity contribution in [1.29, 1.82) is 0 Å². The van der Waals surface area contributed by atoms with Gasteiger partial charge in [0.1, 0.15) is 5.69 Å². The van der Waals surface area contributed by atoms with Crippen LogP contribution >= 0.6 is 0 Å². The number of hydrogen-bond acceptors (Lipinski definition) is 3. The van der Waals surface area contributed by atoms with Crippen LogP contribution in [0.1, 0.15) is 42.7 Å². The number of aliphatic hydroxyl groups is 1. The highest BCUT2D eigenvalue weighted by atomic mass is 19.4. The van der Waals surface area contributed by atoms with Gasteiger partial charge in [0.2, 0.25) is 0 Å². The third-order valence-corrected chi connectivity index (χ3v) is 3.07. The van der Waals surface area contributed by atoms with Gasteiger partial charge in [0.05, 0.1) is 5.56 Å². The molecule has 0 aliphatic rings. The molecule has 118 valence electrons. The second-order valence-electron chi connectivity index (χ2n) is 5.58. The van der Waals surface area contributed by atoms with E-state index in [1.807, 2.05) is 13.8 Å². The van der Waals surface area contributed by atoms with Crippen molar-refractivity contribution in [3.63, 3.8) is 0 Å². The van der Waals surface area contributed by atoms with Crippen LogP contribution in [0.4, 0.5) is 13.2 Å². The van der Waals surface area contributed by atoms with Crippen LogP contribution in [0.15, 0.2) is 18.3 Å². The lowest BCUT2D eigenvalue weighted by atomic mass is 9.89. The van der Waals surface area contributed by atoms with E-state index in [4.69, 9.17) is 5.11 Å². The standard InChI is InChI=1S/C14H19F3N2O2/c1-13(2,9-20)6-4-8-19-12(21)11-10(14(15,16)17)5-3-7-18-11/h3,5,7,20H,4,6,8-9H2,1-2H3,(H,19,21). The lowest BCUT2D eigenvalue weighted by Gasteiger charge is -2.21. The van der Waals surface area contributed by atoms with Crippen LogP contribution in [0.3, 0.4) is 0 Å². The number of alkyl halides is 3. The molecule has 0 saturated heterocycles. The largest absolute Gasteiger partial charge is 0.418 e. The highest BCUT2D eigenvalue weighted by molar-refractivity contribution is 5.93. The zero-order chi connectivity index (χ0) is 16.1. The molecular weight excluding hydrogens is 285 g/mol. The van der Waals surface area contributed by atoms with E-state index in [0.29, 0.717) is 12.8 Å². The number of carbonyl (C=O) groups is 1. The van der Waals surface area contributed by atoms with Crippen molar-refractivity contribution in [3.8, 4) is 0 Å². The van der Waals surface area contributed by atoms with Crippen LogP contribution in [-0.2, 0) is 6.18 Å². The Morgan fingerprint density at radius 1 is 1.38 bits per heavy atom. The monoisotopic (exact) mass is 304 g/mol. The second-order valence-corrected chi connectivity index (χ2v) is 5.58. The van der Waals surface area contributed by atoms with Gasteiger partial charge in [0, 0.05) is 19.3 Å². The lowest BCUT2D eigenvalue weighted by molar-refractivity contribution is -0.138. The van der Waals surface area contributed by atoms with Crippen molar-refractivity contribution >= 4 is 5.91 Å². The zero-order valence-electron chi connectivity index (χ0n) is 12.0. The van der Waals surface area contributed by atoms with Crippen LogP contribution in [0.2, 0.25) is 0 Å². The molecule has 0 bridgehead atoms. The van der Waals surface area contributed by atoms with Gasteiger partial charge in [-0.1, -0.05) is 13.8 Å². The third-order valence-electron chi connectivity index (χ3n) is 3.07. The summed E-state index contributed by atoms with van der Waals surface area (Å²) in [5, 5.41) is 11.5. The molecule has 21 heavy (non-hydrogen) atoms. The van der Waals surface area contributed by atoms with Crippen molar-refractivity contribution < 1.29 is 23.1 Å². The molecule has 0 aromatic carbocycles. The third kappa shape index (κ3) is 5.34. The maximum absolute atomic E-state index is 12.8. The topological polar surface area (TPSA) is 62.2 Å². The highest BCUT2D eigenvalue weighted by Gasteiger charge is 2.35. The molecule has 0 saturated carbocycles. The first-order valence-electron chi connectivity index (χ1n) is 6.59. The summed E-state index contributed by atoms with van der Waals surface area (Å²) in [6.07, 6.45) is -2.25. The Morgan fingerprint density at radius 2 is 2.05 bits per heavy atom. The number of carbonyl (C=O) groups excluding carboxylic acids is 1. The maximum Gasteiger partial charge on any atom is 0.418 e. The first-order valence-corrected chi connectivity index (χ1v) is 6.59. The Morgan fingerprint density at radius 3 is 2.62 bits per heavy atom. The Balaban J connectivity index is 2.62. The molecule has 0 atom stereocenters. The summed E-state index contributed by atoms with van der Waals surface area (Å²) in [6.45, 7) is 3.99. The van der Waals surface area contributed by atoms with Gasteiger partial charge < -0.3 is 10.4 Å². The van der Waals surface area contributed by atoms with Gasteiger partial charge in [-0.2, -0.15) is 13.2 Å². The van der Waals surface area contributed by atoms with E-state index >= 15 is 0 Å². The van der Waals surface area contributed by atoms with Crippen LogP contribution in [-0.4, -0.2) is 29.1 Å². The van der Waals surface area contributed by atoms with Crippen molar-refractivity contribution in [2.75, 3.05) is 13.2 Å². The van der Waals surface area contributed by atoms with Crippen molar-refractivity contribution in [2.24, 2.45) is 5.41 Å². The molecule has 1 aromatic rings. The minimum absolute atomic E-state index is 0.0133. The van der Waals surface area contributed by atoms with Crippen molar-refractivity contribution in [1.82, 2.24) is 10.3 Å². The van der Waals surface area contributed by atoms with Gasteiger partial charge in [-0.25, -0.2) is 0 Å². The zero-order valence-corrected chi connectivity index (χ0v) is 12.0. The van der Waals surface area contributed by atoms with E-state index in [1.165, 1.54) is 0 Å². The Kier molecular flexibility index (Phi) is 5.71. The average molecular weight is 304 g/mol. The lowest BCUT2D eigenvalue weighted by Crippen LogP contribution is -2.29.